The number of nitrogens with two attached hydrogens (primary N) is 1. The van der Waals surface area contributed by atoms with Crippen LogP contribution in [-0.4, -0.2) is 25.5 Å². The predicted octanol–water partition coefficient (Wildman–Crippen LogP) is 4.55. The van der Waals surface area contributed by atoms with Crippen molar-refractivity contribution < 1.29 is 9.53 Å². The van der Waals surface area contributed by atoms with Crippen molar-refractivity contribution in [2.75, 3.05) is 5.73 Å². The number of benzene rings is 2. The van der Waals surface area contributed by atoms with Crippen LogP contribution in [0.25, 0.3) is 22.3 Å². The first kappa shape index (κ1) is 18.1. The van der Waals surface area contributed by atoms with Gasteiger partial charge in [-0.25, -0.2) is 14.6 Å². The first-order chi connectivity index (χ1) is 15.1. The Morgan fingerprint density at radius 1 is 0.968 bits per heavy atom. The van der Waals surface area contributed by atoms with Gasteiger partial charge in [0.25, 0.3) is 0 Å². The van der Waals surface area contributed by atoms with Crippen LogP contribution in [0.3, 0.4) is 0 Å². The maximum absolute atomic E-state index is 11.5. The van der Waals surface area contributed by atoms with E-state index in [0.29, 0.717) is 24.4 Å². The summed E-state index contributed by atoms with van der Waals surface area (Å²) < 4.78 is 7.88. The average Bonchev–Trinajstić information content (AvgIpc) is 3.12. The normalized spacial score (nSPS) is 17.5. The Hall–Kier alpha value is -3.74. The minimum absolute atomic E-state index is 0.190. The zero-order valence-corrected chi connectivity index (χ0v) is 16.9. The number of hydrogen-bond acceptors (Lipinski definition) is 6. The predicted molar refractivity (Wildman–Crippen MR) is 117 cm³/mol. The highest BCUT2D eigenvalue weighted by Gasteiger charge is 2.53. The second-order valence-corrected chi connectivity index (χ2v) is 8.64. The zero-order valence-electron chi connectivity index (χ0n) is 16.9. The second-order valence-electron chi connectivity index (χ2n) is 8.64. The molecule has 31 heavy (non-hydrogen) atoms. The maximum atomic E-state index is 11.5. The molecule has 0 radical (unpaired) electrons. The fraction of sp³-hybridized carbons (Fsp3) is 0.250. The first-order valence-electron chi connectivity index (χ1n) is 10.4. The average molecular weight is 411 g/mol. The summed E-state index contributed by atoms with van der Waals surface area (Å²) in [6, 6.07) is 17.7. The van der Waals surface area contributed by atoms with Crippen LogP contribution in [0.5, 0.6) is 11.5 Å². The molecule has 2 heterocycles. The summed E-state index contributed by atoms with van der Waals surface area (Å²) in [6.45, 7) is 0. The van der Waals surface area contributed by atoms with Crippen LogP contribution < -0.4 is 10.5 Å². The molecule has 0 atom stereocenters. The van der Waals surface area contributed by atoms with E-state index in [1.54, 1.807) is 0 Å². The fourth-order valence-electron chi connectivity index (χ4n) is 4.94. The molecule has 2 N–H and O–H groups in total. The van der Waals surface area contributed by atoms with E-state index in [2.05, 4.69) is 9.97 Å². The highest BCUT2D eigenvalue weighted by atomic mass is 16.5. The minimum Gasteiger partial charge on any atom is -0.457 e. The topological polar surface area (TPSA) is 95.9 Å². The van der Waals surface area contributed by atoms with Gasteiger partial charge in [0.2, 0.25) is 0 Å². The Kier molecular flexibility index (Phi) is 3.86. The molecule has 7 heteroatoms. The van der Waals surface area contributed by atoms with Gasteiger partial charge in [0.05, 0.1) is 11.4 Å². The van der Waals surface area contributed by atoms with Gasteiger partial charge in [-0.3, -0.25) is 4.79 Å². The van der Waals surface area contributed by atoms with Gasteiger partial charge in [0.15, 0.2) is 5.65 Å². The SMILES string of the molecule is Nc1ncnc2c1c(-c1ccc(Oc3ccccc3)cc1)nn2C1CC2(CC(=O)C2)C1. The maximum Gasteiger partial charge on any atom is 0.164 e. The van der Waals surface area contributed by atoms with Crippen molar-refractivity contribution in [2.45, 2.75) is 31.7 Å². The standard InChI is InChI=1S/C24H21N5O2/c25-22-20-21(15-6-8-19(9-7-15)31-18-4-2-1-3-5-18)28-29(23(20)27-14-26-22)16-10-24(11-16)12-17(30)13-24/h1-9,14,16H,10-13H2,(H2,25,26,27). The van der Waals surface area contributed by atoms with Gasteiger partial charge in [-0.2, -0.15) is 5.10 Å². The molecule has 2 fully saturated rings. The number of nitrogens with zero attached hydrogens (tertiary/aromatic N) is 4. The highest BCUT2D eigenvalue weighted by Crippen LogP contribution is 2.59. The van der Waals surface area contributed by atoms with Crippen molar-refractivity contribution in [2.24, 2.45) is 5.41 Å². The van der Waals surface area contributed by atoms with Gasteiger partial charge < -0.3 is 10.5 Å². The van der Waals surface area contributed by atoms with Crippen LogP contribution in [0, 0.1) is 5.41 Å². The number of ether oxygens (including phenoxy) is 1. The largest absolute Gasteiger partial charge is 0.457 e. The van der Waals surface area contributed by atoms with Crippen LogP contribution in [0.2, 0.25) is 0 Å². The third-order valence-corrected chi connectivity index (χ3v) is 6.45. The van der Waals surface area contributed by atoms with E-state index in [9.17, 15) is 4.79 Å². The lowest BCUT2D eigenvalue weighted by Gasteiger charge is -2.52. The van der Waals surface area contributed by atoms with E-state index in [-0.39, 0.29) is 11.5 Å². The van der Waals surface area contributed by atoms with E-state index in [1.807, 2.05) is 59.3 Å². The monoisotopic (exact) mass is 411 g/mol. The van der Waals surface area contributed by atoms with Crippen molar-refractivity contribution in [3.8, 4) is 22.8 Å². The summed E-state index contributed by atoms with van der Waals surface area (Å²) in [5.74, 6) is 2.33. The molecule has 0 amide bonds. The lowest BCUT2D eigenvalue weighted by molar-refractivity contribution is -0.141. The summed E-state index contributed by atoms with van der Waals surface area (Å²) in [5, 5.41) is 5.68. The van der Waals surface area contributed by atoms with Gasteiger partial charge >= 0.3 is 0 Å². The molecule has 7 nitrogen and oxygen atoms in total. The number of anilines is 1. The molecule has 4 aromatic rings. The van der Waals surface area contributed by atoms with Crippen LogP contribution >= 0.6 is 0 Å². The summed E-state index contributed by atoms with van der Waals surface area (Å²) >= 11 is 0. The number of rotatable bonds is 4. The zero-order chi connectivity index (χ0) is 21.0. The number of ketones is 1. The summed E-state index contributed by atoms with van der Waals surface area (Å²) in [6.07, 6.45) is 4.81. The quantitative estimate of drug-likeness (QED) is 0.529. The molecule has 154 valence electrons. The van der Waals surface area contributed by atoms with Gasteiger partial charge in [-0.1, -0.05) is 18.2 Å². The van der Waals surface area contributed by atoms with Crippen LogP contribution in [-0.2, 0) is 4.79 Å². The van der Waals surface area contributed by atoms with E-state index >= 15 is 0 Å². The van der Waals surface area contributed by atoms with E-state index in [0.717, 1.165) is 46.6 Å². The number of fused-ring (bicyclic) bond motifs is 1. The molecular weight excluding hydrogens is 390 g/mol. The molecule has 0 unspecified atom stereocenters. The van der Waals surface area contributed by atoms with Gasteiger partial charge in [-0.05, 0) is 54.7 Å². The number of nitrogen functional groups attached to an aromatic ring is 1. The molecule has 2 aromatic heterocycles. The third-order valence-electron chi connectivity index (χ3n) is 6.45. The Morgan fingerprint density at radius 3 is 2.39 bits per heavy atom. The lowest BCUT2D eigenvalue weighted by atomic mass is 9.53. The van der Waals surface area contributed by atoms with Crippen molar-refractivity contribution in [3.63, 3.8) is 0 Å². The van der Waals surface area contributed by atoms with Gasteiger partial charge in [0, 0.05) is 18.4 Å². The van der Waals surface area contributed by atoms with Crippen molar-refractivity contribution >= 4 is 22.6 Å². The molecule has 0 saturated heterocycles. The Bertz CT molecular complexity index is 1280. The van der Waals surface area contributed by atoms with Crippen molar-refractivity contribution in [1.82, 2.24) is 19.7 Å². The molecule has 6 rings (SSSR count). The summed E-state index contributed by atoms with van der Waals surface area (Å²) in [4.78, 5) is 20.2. The van der Waals surface area contributed by atoms with Crippen LogP contribution in [0.4, 0.5) is 5.82 Å². The summed E-state index contributed by atoms with van der Waals surface area (Å²) in [7, 11) is 0. The second kappa shape index (κ2) is 6.63. The molecule has 2 saturated carbocycles. The summed E-state index contributed by atoms with van der Waals surface area (Å²) in [5.41, 5.74) is 8.87. The number of aromatic nitrogens is 4. The van der Waals surface area contributed by atoms with Gasteiger partial charge in [-0.15, -0.1) is 0 Å². The van der Waals surface area contributed by atoms with Gasteiger partial charge in [0.1, 0.15) is 35.1 Å². The fourth-order valence-corrected chi connectivity index (χ4v) is 4.94. The number of hydrogen-bond donors (Lipinski definition) is 1. The van der Waals surface area contributed by atoms with Crippen LogP contribution in [0.15, 0.2) is 60.9 Å². The van der Waals surface area contributed by atoms with Crippen molar-refractivity contribution in [3.05, 3.63) is 60.9 Å². The molecule has 2 aromatic carbocycles. The Balaban J connectivity index is 1.33. The van der Waals surface area contributed by atoms with E-state index < -0.39 is 0 Å². The first-order valence-corrected chi connectivity index (χ1v) is 10.4. The number of carbonyl (C=O) groups is 1. The Labute approximate surface area is 178 Å². The van der Waals surface area contributed by atoms with E-state index in [4.69, 9.17) is 15.6 Å². The smallest absolute Gasteiger partial charge is 0.164 e. The molecule has 2 aliphatic carbocycles. The molecule has 0 aliphatic heterocycles. The molecule has 2 aliphatic rings. The molecular formula is C24H21N5O2. The van der Waals surface area contributed by atoms with Crippen molar-refractivity contribution in [1.29, 1.82) is 0 Å². The van der Waals surface area contributed by atoms with E-state index in [1.165, 1.54) is 6.33 Å². The minimum atomic E-state index is 0.190. The molecule has 1 spiro atoms. The number of para-hydroxylation sites is 1. The van der Waals surface area contributed by atoms with Crippen LogP contribution in [0.1, 0.15) is 31.7 Å². The highest BCUT2D eigenvalue weighted by molar-refractivity contribution is 5.98. The molecule has 0 bridgehead atoms. The third kappa shape index (κ3) is 2.96. The number of Topliss-reactive ketones (excluding diaryl/α,β-unsaturated/α-hetero) is 1. The lowest BCUT2D eigenvalue weighted by Crippen LogP contribution is -2.48. The Morgan fingerprint density at radius 2 is 1.68 bits per heavy atom. The number of carbonyl (C=O) groups excluding carboxylic acids is 1.